The van der Waals surface area contributed by atoms with Crippen LogP contribution in [0.15, 0.2) is 41.4 Å². The number of hydrogen-bond acceptors (Lipinski definition) is 5. The lowest BCUT2D eigenvalue weighted by atomic mass is 10.2. The predicted octanol–water partition coefficient (Wildman–Crippen LogP) is 0.791. The average Bonchev–Trinajstić information content (AvgIpc) is 2.62. The first kappa shape index (κ1) is 21.0. The van der Waals surface area contributed by atoms with Crippen molar-refractivity contribution in [1.82, 2.24) is 5.32 Å². The van der Waals surface area contributed by atoms with Gasteiger partial charge in [0.25, 0.3) is 0 Å². The lowest BCUT2D eigenvalue weighted by Crippen LogP contribution is -2.36. The number of morpholine rings is 1. The van der Waals surface area contributed by atoms with E-state index in [1.165, 1.54) is 0 Å². The number of para-hydroxylation sites is 2. The molecule has 9 nitrogen and oxygen atoms in total. The van der Waals surface area contributed by atoms with Crippen molar-refractivity contribution in [3.63, 3.8) is 0 Å². The number of nitrogens with two attached hydrogens (primary N) is 1. The minimum absolute atomic E-state index is 0.457. The second-order valence-corrected chi connectivity index (χ2v) is 5.13. The summed E-state index contributed by atoms with van der Waals surface area (Å²) in [7, 11) is 0. The van der Waals surface area contributed by atoms with Crippen LogP contribution in [0.25, 0.3) is 0 Å². The molecule has 1 aromatic carbocycles. The van der Waals surface area contributed by atoms with E-state index in [0.717, 1.165) is 44.2 Å². The summed E-state index contributed by atoms with van der Waals surface area (Å²) in [6.07, 6.45) is 1.12. The number of nitrogens with one attached hydrogen (secondary N) is 1. The van der Waals surface area contributed by atoms with Crippen LogP contribution in [0.4, 0.5) is 11.4 Å². The lowest BCUT2D eigenvalue weighted by Gasteiger charge is -2.29. The van der Waals surface area contributed by atoms with E-state index in [9.17, 15) is 9.59 Å². The number of carboxylic acids is 2. The number of nitrogens with zero attached hydrogens (tertiary/aromatic N) is 2. The fourth-order valence-corrected chi connectivity index (χ4v) is 2.12. The van der Waals surface area contributed by atoms with Gasteiger partial charge in [-0.15, -0.1) is 0 Å². The SMILES string of the molecule is CCNC(N)=Nc1ccccc1N1CCOCC1.O=C(O)C=CC(=O)O. The molecule has 1 saturated heterocycles. The van der Waals surface area contributed by atoms with Crippen molar-refractivity contribution in [2.45, 2.75) is 6.92 Å². The number of carboxylic acid groups (broad SMARTS) is 2. The Hall–Kier alpha value is -3.07. The van der Waals surface area contributed by atoms with Gasteiger partial charge in [0.05, 0.1) is 24.6 Å². The van der Waals surface area contributed by atoms with Gasteiger partial charge in [0.2, 0.25) is 0 Å². The van der Waals surface area contributed by atoms with E-state index in [-0.39, 0.29) is 0 Å². The number of aliphatic imine (C=N–C) groups is 1. The summed E-state index contributed by atoms with van der Waals surface area (Å²) in [5, 5.41) is 18.6. The summed E-state index contributed by atoms with van der Waals surface area (Å²) in [6, 6.07) is 8.05. The minimum Gasteiger partial charge on any atom is -0.478 e. The van der Waals surface area contributed by atoms with Crippen LogP contribution in [0.2, 0.25) is 0 Å². The van der Waals surface area contributed by atoms with Crippen LogP contribution in [0, 0.1) is 0 Å². The highest BCUT2D eigenvalue weighted by Crippen LogP contribution is 2.28. The minimum atomic E-state index is -1.26. The van der Waals surface area contributed by atoms with Gasteiger partial charge in [0.1, 0.15) is 0 Å². The van der Waals surface area contributed by atoms with E-state index >= 15 is 0 Å². The predicted molar refractivity (Wildman–Crippen MR) is 98.8 cm³/mol. The number of aliphatic carboxylic acids is 2. The second-order valence-electron chi connectivity index (χ2n) is 5.13. The molecular weight excluding hydrogens is 340 g/mol. The molecule has 1 aliphatic rings. The molecule has 0 spiro atoms. The van der Waals surface area contributed by atoms with E-state index in [0.29, 0.717) is 18.1 Å². The Balaban J connectivity index is 0.000000359. The van der Waals surface area contributed by atoms with Gasteiger partial charge in [-0.25, -0.2) is 14.6 Å². The van der Waals surface area contributed by atoms with Gasteiger partial charge < -0.3 is 30.9 Å². The van der Waals surface area contributed by atoms with Crippen LogP contribution in [-0.4, -0.2) is 61.0 Å². The second kappa shape index (κ2) is 11.5. The number of benzene rings is 1. The third-order valence-electron chi connectivity index (χ3n) is 3.20. The highest BCUT2D eigenvalue weighted by Gasteiger charge is 2.14. The summed E-state index contributed by atoms with van der Waals surface area (Å²) in [5.74, 6) is -2.06. The van der Waals surface area contributed by atoms with Crippen LogP contribution >= 0.6 is 0 Å². The summed E-state index contributed by atoms with van der Waals surface area (Å²) in [6.45, 7) is 6.09. The molecule has 5 N–H and O–H groups in total. The van der Waals surface area contributed by atoms with Gasteiger partial charge in [0.15, 0.2) is 5.96 Å². The Morgan fingerprint density at radius 2 is 1.81 bits per heavy atom. The molecule has 0 bridgehead atoms. The maximum Gasteiger partial charge on any atom is 0.328 e. The third-order valence-corrected chi connectivity index (χ3v) is 3.20. The molecule has 1 heterocycles. The number of ether oxygens (including phenoxy) is 1. The summed E-state index contributed by atoms with van der Waals surface area (Å²) in [5.41, 5.74) is 7.82. The smallest absolute Gasteiger partial charge is 0.328 e. The van der Waals surface area contributed by atoms with Crippen LogP contribution < -0.4 is 16.0 Å². The summed E-state index contributed by atoms with van der Waals surface area (Å²) in [4.78, 5) is 25.8. The first-order valence-corrected chi connectivity index (χ1v) is 8.07. The van der Waals surface area contributed by atoms with Crippen molar-refractivity contribution >= 4 is 29.3 Å². The molecule has 0 atom stereocenters. The first-order chi connectivity index (χ1) is 12.4. The standard InChI is InChI=1S/C13H20N4O.C4H4O4/c1-2-15-13(14)16-11-5-3-4-6-12(11)17-7-9-18-10-8-17;5-3(6)1-2-4(7)8/h3-6H,2,7-10H2,1H3,(H3,14,15,16);1-2H,(H,5,6)(H,7,8). The number of rotatable bonds is 5. The molecule has 0 amide bonds. The zero-order chi connectivity index (χ0) is 19.4. The molecule has 2 rings (SSSR count). The van der Waals surface area contributed by atoms with Gasteiger partial charge in [-0.3, -0.25) is 0 Å². The van der Waals surface area contributed by atoms with Gasteiger partial charge in [-0.1, -0.05) is 12.1 Å². The van der Waals surface area contributed by atoms with E-state index in [4.69, 9.17) is 20.7 Å². The van der Waals surface area contributed by atoms with Crippen LogP contribution in [0.3, 0.4) is 0 Å². The Kier molecular flexibility index (Phi) is 9.26. The van der Waals surface area contributed by atoms with Crippen molar-refractivity contribution in [3.8, 4) is 0 Å². The molecule has 0 radical (unpaired) electrons. The molecule has 1 aliphatic heterocycles. The molecule has 0 unspecified atom stereocenters. The van der Waals surface area contributed by atoms with Crippen LogP contribution in [0.1, 0.15) is 6.92 Å². The summed E-state index contributed by atoms with van der Waals surface area (Å²) < 4.78 is 5.37. The molecule has 0 aromatic heterocycles. The molecule has 1 fully saturated rings. The Bertz CT molecular complexity index is 638. The molecule has 1 aromatic rings. The van der Waals surface area contributed by atoms with Crippen LogP contribution in [-0.2, 0) is 14.3 Å². The van der Waals surface area contributed by atoms with Gasteiger partial charge in [-0.2, -0.15) is 0 Å². The Morgan fingerprint density at radius 3 is 2.35 bits per heavy atom. The normalized spacial score (nSPS) is 14.5. The van der Waals surface area contributed by atoms with E-state index in [2.05, 4.69) is 21.3 Å². The first-order valence-electron chi connectivity index (χ1n) is 8.07. The van der Waals surface area contributed by atoms with Crippen LogP contribution in [0.5, 0.6) is 0 Å². The lowest BCUT2D eigenvalue weighted by molar-refractivity contribution is -0.134. The zero-order valence-electron chi connectivity index (χ0n) is 14.6. The van der Waals surface area contributed by atoms with Crippen molar-refractivity contribution in [1.29, 1.82) is 0 Å². The summed E-state index contributed by atoms with van der Waals surface area (Å²) >= 11 is 0. The Labute approximate surface area is 151 Å². The number of carbonyl (C=O) groups is 2. The van der Waals surface area contributed by atoms with E-state index in [1.807, 2.05) is 25.1 Å². The van der Waals surface area contributed by atoms with Gasteiger partial charge >= 0.3 is 11.9 Å². The van der Waals surface area contributed by atoms with Gasteiger partial charge in [-0.05, 0) is 19.1 Å². The number of anilines is 1. The maximum atomic E-state index is 9.55. The quantitative estimate of drug-likeness (QED) is 0.342. The monoisotopic (exact) mass is 364 g/mol. The molecule has 142 valence electrons. The molecule has 26 heavy (non-hydrogen) atoms. The molecular formula is C17H24N4O5. The number of hydrogen-bond donors (Lipinski definition) is 4. The molecule has 0 saturated carbocycles. The Morgan fingerprint density at radius 1 is 1.23 bits per heavy atom. The molecule has 9 heteroatoms. The highest BCUT2D eigenvalue weighted by atomic mass is 16.5. The topological polar surface area (TPSA) is 137 Å². The van der Waals surface area contributed by atoms with Crippen molar-refractivity contribution in [2.24, 2.45) is 10.7 Å². The van der Waals surface area contributed by atoms with Gasteiger partial charge in [0, 0.05) is 31.8 Å². The number of guanidine groups is 1. The largest absolute Gasteiger partial charge is 0.478 e. The maximum absolute atomic E-state index is 9.55. The van der Waals surface area contributed by atoms with Crippen molar-refractivity contribution in [3.05, 3.63) is 36.4 Å². The van der Waals surface area contributed by atoms with E-state index < -0.39 is 11.9 Å². The van der Waals surface area contributed by atoms with Crippen molar-refractivity contribution in [2.75, 3.05) is 37.7 Å². The average molecular weight is 364 g/mol. The zero-order valence-corrected chi connectivity index (χ0v) is 14.6. The fraction of sp³-hybridized carbons (Fsp3) is 0.353. The fourth-order valence-electron chi connectivity index (χ4n) is 2.12. The third kappa shape index (κ3) is 8.15. The van der Waals surface area contributed by atoms with Crippen molar-refractivity contribution < 1.29 is 24.5 Å². The highest BCUT2D eigenvalue weighted by molar-refractivity contribution is 5.89. The van der Waals surface area contributed by atoms with E-state index in [1.54, 1.807) is 0 Å². The molecule has 0 aliphatic carbocycles.